The first-order valence-corrected chi connectivity index (χ1v) is 10.3. The Labute approximate surface area is 189 Å². The van der Waals surface area contributed by atoms with Gasteiger partial charge in [0.15, 0.2) is 4.77 Å². The van der Waals surface area contributed by atoms with Crippen molar-refractivity contribution in [2.24, 2.45) is 0 Å². The monoisotopic (exact) mass is 481 g/mol. The van der Waals surface area contributed by atoms with Crippen LogP contribution in [-0.2, 0) is 19.9 Å². The van der Waals surface area contributed by atoms with E-state index >= 15 is 0 Å². The van der Waals surface area contributed by atoms with Crippen LogP contribution in [0.5, 0.6) is 0 Å². The van der Waals surface area contributed by atoms with Gasteiger partial charge in [-0.05, 0) is 43.3 Å². The number of hydrogen-bond acceptors (Lipinski definition) is 5. The van der Waals surface area contributed by atoms with E-state index in [2.05, 4.69) is 10.3 Å². The van der Waals surface area contributed by atoms with E-state index in [0.29, 0.717) is 12.1 Å². The number of aromatic amines is 1. The zero-order valence-corrected chi connectivity index (χ0v) is 18.0. The highest BCUT2D eigenvalue weighted by molar-refractivity contribution is 7.71. The SMILES string of the molecule is Cc1cccc(-n2c3c(c(=O)[nH]c2=S)C(NC(=O)CN2CCCC2=O)(C(F)(F)F)C(=O)N3)c1. The molecule has 3 N–H and O–H groups in total. The van der Waals surface area contributed by atoms with Crippen LogP contribution < -0.4 is 16.2 Å². The summed E-state index contributed by atoms with van der Waals surface area (Å²) in [6.07, 6.45) is -4.73. The number of aryl methyl sites for hydroxylation is 1. The Morgan fingerprint density at radius 1 is 1.27 bits per heavy atom. The average Bonchev–Trinajstić information content (AvgIpc) is 3.23. The first-order chi connectivity index (χ1) is 15.5. The Kier molecular flexibility index (Phi) is 5.39. The number of likely N-dealkylation sites (tertiary alicyclic amines) is 1. The fourth-order valence-corrected chi connectivity index (χ4v) is 4.37. The lowest BCUT2D eigenvalue weighted by atomic mass is 9.92. The Morgan fingerprint density at radius 3 is 2.61 bits per heavy atom. The smallest absolute Gasteiger partial charge is 0.333 e. The van der Waals surface area contributed by atoms with Crippen molar-refractivity contribution in [1.29, 1.82) is 0 Å². The van der Waals surface area contributed by atoms with E-state index in [0.717, 1.165) is 15.0 Å². The minimum Gasteiger partial charge on any atom is -0.333 e. The van der Waals surface area contributed by atoms with E-state index in [-0.39, 0.29) is 23.6 Å². The predicted octanol–water partition coefficient (Wildman–Crippen LogP) is 1.65. The first kappa shape index (κ1) is 22.7. The molecule has 2 aliphatic rings. The van der Waals surface area contributed by atoms with Crippen LogP contribution in [0.2, 0.25) is 0 Å². The number of halogens is 3. The minimum absolute atomic E-state index is 0.179. The highest BCUT2D eigenvalue weighted by Gasteiger charge is 2.68. The molecule has 0 spiro atoms. The topological polar surface area (TPSA) is 116 Å². The maximum absolute atomic E-state index is 14.4. The summed E-state index contributed by atoms with van der Waals surface area (Å²) in [7, 11) is 0. The largest absolute Gasteiger partial charge is 0.425 e. The van der Waals surface area contributed by atoms with E-state index in [9.17, 15) is 32.3 Å². The number of aromatic nitrogens is 2. The van der Waals surface area contributed by atoms with E-state index in [4.69, 9.17) is 12.2 Å². The molecule has 3 amide bonds. The first-order valence-electron chi connectivity index (χ1n) is 9.89. The van der Waals surface area contributed by atoms with Gasteiger partial charge in [-0.15, -0.1) is 0 Å². The molecule has 1 saturated heterocycles. The molecule has 174 valence electrons. The van der Waals surface area contributed by atoms with E-state index in [1.54, 1.807) is 36.5 Å². The van der Waals surface area contributed by atoms with E-state index in [1.807, 2.05) is 0 Å². The standard InChI is InChI=1S/C20H18F3N5O4S/c1-10-4-2-5-11(8-10)28-15-14(16(31)25-18(28)33)19(17(32)24-15,20(21,22)23)26-12(29)9-27-7-3-6-13(27)30/h2,4-5,8H,3,6-7,9H2,1H3,(H,24,32)(H,26,29)(H,25,31,33). The van der Waals surface area contributed by atoms with Gasteiger partial charge < -0.3 is 15.5 Å². The molecule has 2 aromatic rings. The van der Waals surface area contributed by atoms with Crippen LogP contribution in [0.1, 0.15) is 24.0 Å². The van der Waals surface area contributed by atoms with Gasteiger partial charge in [-0.3, -0.25) is 28.7 Å². The van der Waals surface area contributed by atoms with Crippen LogP contribution in [0, 0.1) is 11.7 Å². The second-order valence-electron chi connectivity index (χ2n) is 7.83. The van der Waals surface area contributed by atoms with Gasteiger partial charge in [0.25, 0.3) is 11.5 Å². The molecule has 1 fully saturated rings. The fraction of sp³-hybridized carbons (Fsp3) is 0.350. The molecule has 2 aliphatic heterocycles. The summed E-state index contributed by atoms with van der Waals surface area (Å²) in [5, 5.41) is 3.79. The minimum atomic E-state index is -5.38. The lowest BCUT2D eigenvalue weighted by Gasteiger charge is -2.30. The molecular weight excluding hydrogens is 463 g/mol. The summed E-state index contributed by atoms with van der Waals surface area (Å²) in [5.74, 6) is -3.75. The van der Waals surface area contributed by atoms with Crippen LogP contribution >= 0.6 is 12.2 Å². The van der Waals surface area contributed by atoms with Crippen molar-refractivity contribution in [2.45, 2.75) is 31.5 Å². The summed E-state index contributed by atoms with van der Waals surface area (Å²) < 4.78 is 44.1. The molecule has 13 heteroatoms. The third-order valence-corrected chi connectivity index (χ3v) is 5.86. The molecule has 33 heavy (non-hydrogen) atoms. The van der Waals surface area contributed by atoms with Gasteiger partial charge >= 0.3 is 6.18 Å². The molecule has 0 radical (unpaired) electrons. The van der Waals surface area contributed by atoms with Crippen molar-refractivity contribution in [3.8, 4) is 5.69 Å². The number of nitrogens with one attached hydrogen (secondary N) is 3. The van der Waals surface area contributed by atoms with Gasteiger partial charge in [-0.25, -0.2) is 0 Å². The number of alkyl halides is 3. The number of H-pyrrole nitrogens is 1. The van der Waals surface area contributed by atoms with Gasteiger partial charge in [0.1, 0.15) is 11.4 Å². The number of hydrogen-bond donors (Lipinski definition) is 3. The molecule has 0 saturated carbocycles. The number of amides is 3. The Morgan fingerprint density at radius 2 is 2.00 bits per heavy atom. The molecular formula is C20H18F3N5O4S. The molecule has 1 unspecified atom stereocenters. The summed E-state index contributed by atoms with van der Waals surface area (Å²) in [6, 6.07) is 6.52. The van der Waals surface area contributed by atoms with Crippen LogP contribution in [0.4, 0.5) is 19.0 Å². The molecule has 0 aliphatic carbocycles. The number of fused-ring (bicyclic) bond motifs is 1. The summed E-state index contributed by atoms with van der Waals surface area (Å²) >= 11 is 5.15. The van der Waals surface area contributed by atoms with Crippen molar-refractivity contribution in [1.82, 2.24) is 19.8 Å². The zero-order chi connectivity index (χ0) is 24.1. The number of anilines is 1. The maximum Gasteiger partial charge on any atom is 0.425 e. The quantitative estimate of drug-likeness (QED) is 0.575. The van der Waals surface area contributed by atoms with Crippen LogP contribution in [0.15, 0.2) is 29.1 Å². The normalized spacial score (nSPS) is 20.1. The molecule has 9 nitrogen and oxygen atoms in total. The molecule has 0 bridgehead atoms. The lowest BCUT2D eigenvalue weighted by molar-refractivity contribution is -0.200. The maximum atomic E-state index is 14.4. The van der Waals surface area contributed by atoms with Crippen molar-refractivity contribution in [2.75, 3.05) is 18.4 Å². The van der Waals surface area contributed by atoms with Crippen LogP contribution in [-0.4, -0.2) is 51.4 Å². The average molecular weight is 481 g/mol. The van der Waals surface area contributed by atoms with Crippen molar-refractivity contribution in [3.05, 3.63) is 50.5 Å². The van der Waals surface area contributed by atoms with Crippen LogP contribution in [0.25, 0.3) is 5.69 Å². The third-order valence-electron chi connectivity index (χ3n) is 5.58. The van der Waals surface area contributed by atoms with E-state index in [1.165, 1.54) is 0 Å². The number of rotatable bonds is 4. The number of benzene rings is 1. The van der Waals surface area contributed by atoms with Gasteiger partial charge in [0.2, 0.25) is 17.4 Å². The summed E-state index contributed by atoms with van der Waals surface area (Å²) in [5.41, 5.74) is -4.91. The second kappa shape index (κ2) is 7.83. The second-order valence-corrected chi connectivity index (χ2v) is 8.21. The lowest BCUT2D eigenvalue weighted by Crippen LogP contribution is -2.63. The number of carbonyl (C=O) groups excluding carboxylic acids is 3. The summed E-state index contributed by atoms with van der Waals surface area (Å²) in [6.45, 7) is 1.28. The number of nitrogens with zero attached hydrogens (tertiary/aromatic N) is 2. The van der Waals surface area contributed by atoms with Crippen molar-refractivity contribution in [3.63, 3.8) is 0 Å². The Balaban J connectivity index is 1.88. The molecule has 1 aromatic heterocycles. The van der Waals surface area contributed by atoms with Gasteiger partial charge in [0, 0.05) is 13.0 Å². The summed E-state index contributed by atoms with van der Waals surface area (Å²) in [4.78, 5) is 53.2. The predicted molar refractivity (Wildman–Crippen MR) is 112 cm³/mol. The van der Waals surface area contributed by atoms with Gasteiger partial charge in [-0.1, -0.05) is 12.1 Å². The molecule has 1 aromatic carbocycles. The molecule has 1 atom stereocenters. The molecule has 4 rings (SSSR count). The van der Waals surface area contributed by atoms with Crippen molar-refractivity contribution >= 4 is 35.8 Å². The highest BCUT2D eigenvalue weighted by atomic mass is 32.1. The van der Waals surface area contributed by atoms with Gasteiger partial charge in [-0.2, -0.15) is 13.2 Å². The van der Waals surface area contributed by atoms with Gasteiger partial charge in [0.05, 0.1) is 12.2 Å². The zero-order valence-electron chi connectivity index (χ0n) is 17.2. The Bertz CT molecular complexity index is 1300. The van der Waals surface area contributed by atoms with Crippen molar-refractivity contribution < 1.29 is 27.6 Å². The Hall–Kier alpha value is -3.48. The number of carbonyl (C=O) groups is 3. The van der Waals surface area contributed by atoms with Crippen LogP contribution in [0.3, 0.4) is 0 Å². The van der Waals surface area contributed by atoms with E-state index < -0.39 is 47.0 Å². The molecule has 3 heterocycles. The third kappa shape index (κ3) is 3.61. The highest BCUT2D eigenvalue weighted by Crippen LogP contribution is 2.45. The fourth-order valence-electron chi connectivity index (χ4n) is 4.08.